The largest absolute Gasteiger partial charge is 0.423 e. The van der Waals surface area contributed by atoms with Gasteiger partial charge in [0.2, 0.25) is 0 Å². The Bertz CT molecular complexity index is 829. The summed E-state index contributed by atoms with van der Waals surface area (Å²) in [7, 11) is 0. The van der Waals surface area contributed by atoms with E-state index in [1.54, 1.807) is 12.1 Å². The number of carbonyl (C=O) groups excluding carboxylic acids is 1. The van der Waals surface area contributed by atoms with Crippen molar-refractivity contribution in [2.45, 2.75) is 84.0 Å². The van der Waals surface area contributed by atoms with Gasteiger partial charge in [-0.05, 0) is 79.3 Å². The maximum absolute atomic E-state index is 14.7. The van der Waals surface area contributed by atoms with Gasteiger partial charge in [0.25, 0.3) is 0 Å². The molecule has 3 rings (SSSR count). The minimum Gasteiger partial charge on any atom is -0.423 e. The van der Waals surface area contributed by atoms with Crippen molar-refractivity contribution in [3.8, 4) is 5.75 Å². The molecule has 1 fully saturated rings. The van der Waals surface area contributed by atoms with Crippen molar-refractivity contribution in [3.63, 3.8) is 0 Å². The van der Waals surface area contributed by atoms with Gasteiger partial charge in [0.15, 0.2) is 0 Å². The molecule has 0 aliphatic heterocycles. The van der Waals surface area contributed by atoms with Crippen molar-refractivity contribution in [2.75, 3.05) is 0 Å². The second-order valence-electron chi connectivity index (χ2n) is 8.86. The normalized spacial score (nSPS) is 18.7. The highest BCUT2D eigenvalue weighted by atomic mass is 19.1. The summed E-state index contributed by atoms with van der Waals surface area (Å²) in [5.41, 5.74) is 1.17. The fourth-order valence-electron chi connectivity index (χ4n) is 4.66. The van der Waals surface area contributed by atoms with E-state index in [0.29, 0.717) is 5.56 Å². The van der Waals surface area contributed by atoms with E-state index in [9.17, 15) is 13.6 Å². The summed E-state index contributed by atoms with van der Waals surface area (Å²) in [6, 6.07) is 9.69. The first-order valence-corrected chi connectivity index (χ1v) is 11.8. The first-order chi connectivity index (χ1) is 15.0. The molecule has 0 heterocycles. The van der Waals surface area contributed by atoms with Crippen molar-refractivity contribution in [2.24, 2.45) is 5.92 Å². The molecule has 0 N–H and O–H groups in total. The summed E-state index contributed by atoms with van der Waals surface area (Å²) < 4.78 is 34.7. The third kappa shape index (κ3) is 6.38. The van der Waals surface area contributed by atoms with Crippen molar-refractivity contribution in [3.05, 3.63) is 64.7 Å². The lowest BCUT2D eigenvalue weighted by molar-refractivity contribution is 0.0724. The Balaban J connectivity index is 1.63. The van der Waals surface area contributed by atoms with Gasteiger partial charge in [-0.1, -0.05) is 58.1 Å². The standard InChI is InChI=1S/C27H34F2O2/c1-3-5-6-8-20-9-13-21(14-10-20)22-17-24(28)26(25(29)18-22)27(30)31-23-15-11-19(7-4-2)12-16-23/h11-12,15-18,20-21H,3-10,13-14H2,1-2H3/t20-,21-. The number of carbonyl (C=O) groups is 1. The molecule has 2 nitrogen and oxygen atoms in total. The van der Waals surface area contributed by atoms with Gasteiger partial charge in [-0.15, -0.1) is 0 Å². The maximum atomic E-state index is 14.7. The molecule has 1 saturated carbocycles. The Morgan fingerprint density at radius 3 is 2.16 bits per heavy atom. The summed E-state index contributed by atoms with van der Waals surface area (Å²) >= 11 is 0. The summed E-state index contributed by atoms with van der Waals surface area (Å²) in [5, 5.41) is 0. The predicted octanol–water partition coefficient (Wildman–Crippen LogP) is 7.99. The highest BCUT2D eigenvalue weighted by Gasteiger charge is 2.26. The van der Waals surface area contributed by atoms with Crippen LogP contribution in [0.2, 0.25) is 0 Å². The molecule has 0 saturated heterocycles. The third-order valence-electron chi connectivity index (χ3n) is 6.48. The molecule has 0 radical (unpaired) electrons. The average Bonchev–Trinajstić information content (AvgIpc) is 2.75. The Morgan fingerprint density at radius 1 is 0.935 bits per heavy atom. The number of hydrogen-bond donors (Lipinski definition) is 0. The van der Waals surface area contributed by atoms with Gasteiger partial charge in [-0.25, -0.2) is 13.6 Å². The van der Waals surface area contributed by atoms with E-state index in [1.807, 2.05) is 12.1 Å². The van der Waals surface area contributed by atoms with Crippen LogP contribution in [0, 0.1) is 17.6 Å². The SMILES string of the molecule is CCCCC[C@H]1CC[C@H](c2cc(F)c(C(=O)Oc3ccc(CCC)cc3)c(F)c2)CC1. The second-order valence-corrected chi connectivity index (χ2v) is 8.86. The number of benzene rings is 2. The van der Waals surface area contributed by atoms with E-state index < -0.39 is 23.2 Å². The lowest BCUT2D eigenvalue weighted by atomic mass is 9.77. The van der Waals surface area contributed by atoms with Crippen LogP contribution in [0.15, 0.2) is 36.4 Å². The van der Waals surface area contributed by atoms with Gasteiger partial charge in [-0.2, -0.15) is 0 Å². The molecule has 2 aromatic rings. The average molecular weight is 429 g/mol. The van der Waals surface area contributed by atoms with E-state index in [2.05, 4.69) is 13.8 Å². The number of ether oxygens (including phenoxy) is 1. The molecule has 0 aromatic heterocycles. The van der Waals surface area contributed by atoms with Gasteiger partial charge < -0.3 is 4.74 Å². The molecule has 1 aliphatic rings. The number of aryl methyl sites for hydroxylation is 1. The topological polar surface area (TPSA) is 26.3 Å². The van der Waals surface area contributed by atoms with E-state index in [1.165, 1.54) is 37.8 Å². The molecule has 0 atom stereocenters. The van der Waals surface area contributed by atoms with Gasteiger partial charge in [0.05, 0.1) is 0 Å². The van der Waals surface area contributed by atoms with Crippen molar-refractivity contribution in [1.82, 2.24) is 0 Å². The Labute approximate surface area is 185 Å². The van der Waals surface area contributed by atoms with Crippen LogP contribution in [0.1, 0.15) is 99.0 Å². The molecule has 0 spiro atoms. The summed E-state index contributed by atoms with van der Waals surface area (Å²) in [4.78, 5) is 12.4. The van der Waals surface area contributed by atoms with Crippen molar-refractivity contribution >= 4 is 5.97 Å². The van der Waals surface area contributed by atoms with Crippen LogP contribution in [0.5, 0.6) is 5.75 Å². The van der Waals surface area contributed by atoms with Crippen molar-refractivity contribution < 1.29 is 18.3 Å². The predicted molar refractivity (Wildman–Crippen MR) is 121 cm³/mol. The Morgan fingerprint density at radius 2 is 1.58 bits per heavy atom. The summed E-state index contributed by atoms with van der Waals surface area (Å²) in [6.07, 6.45) is 11.1. The van der Waals surface area contributed by atoms with Crippen LogP contribution in [-0.4, -0.2) is 5.97 Å². The van der Waals surface area contributed by atoms with Crippen LogP contribution in [0.4, 0.5) is 8.78 Å². The number of halogens is 2. The highest BCUT2D eigenvalue weighted by molar-refractivity contribution is 5.91. The molecule has 0 unspecified atom stereocenters. The van der Waals surface area contributed by atoms with E-state index in [-0.39, 0.29) is 11.7 Å². The molecular formula is C27H34F2O2. The third-order valence-corrected chi connectivity index (χ3v) is 6.48. The fourth-order valence-corrected chi connectivity index (χ4v) is 4.66. The van der Waals surface area contributed by atoms with E-state index in [4.69, 9.17) is 4.74 Å². The van der Waals surface area contributed by atoms with Crippen molar-refractivity contribution in [1.29, 1.82) is 0 Å². The minimum atomic E-state index is -0.996. The number of rotatable bonds is 9. The summed E-state index contributed by atoms with van der Waals surface area (Å²) in [6.45, 7) is 4.30. The second kappa shape index (κ2) is 11.4. The lowest BCUT2D eigenvalue weighted by Gasteiger charge is -2.29. The number of unbranched alkanes of at least 4 members (excludes halogenated alkanes) is 2. The van der Waals surface area contributed by atoms with Gasteiger partial charge in [0.1, 0.15) is 22.9 Å². The van der Waals surface area contributed by atoms with E-state index in [0.717, 1.165) is 50.0 Å². The van der Waals surface area contributed by atoms with Crippen LogP contribution >= 0.6 is 0 Å². The zero-order valence-electron chi connectivity index (χ0n) is 18.8. The first kappa shape index (κ1) is 23.4. The Kier molecular flexibility index (Phi) is 8.62. The van der Waals surface area contributed by atoms with E-state index >= 15 is 0 Å². The molecule has 31 heavy (non-hydrogen) atoms. The van der Waals surface area contributed by atoms with Crippen LogP contribution in [0.3, 0.4) is 0 Å². The number of hydrogen-bond acceptors (Lipinski definition) is 2. The quantitative estimate of drug-likeness (QED) is 0.230. The lowest BCUT2D eigenvalue weighted by Crippen LogP contribution is -2.16. The van der Waals surface area contributed by atoms with Gasteiger partial charge in [-0.3, -0.25) is 0 Å². The smallest absolute Gasteiger partial charge is 0.349 e. The van der Waals surface area contributed by atoms with Crippen LogP contribution in [-0.2, 0) is 6.42 Å². The zero-order chi connectivity index (χ0) is 22.2. The number of esters is 1. The van der Waals surface area contributed by atoms with Gasteiger partial charge in [0, 0.05) is 0 Å². The van der Waals surface area contributed by atoms with Crippen LogP contribution in [0.25, 0.3) is 0 Å². The monoisotopic (exact) mass is 428 g/mol. The highest BCUT2D eigenvalue weighted by Crippen LogP contribution is 2.38. The molecule has 2 aromatic carbocycles. The van der Waals surface area contributed by atoms with Crippen LogP contribution < -0.4 is 4.74 Å². The molecule has 0 bridgehead atoms. The van der Waals surface area contributed by atoms with Gasteiger partial charge >= 0.3 is 5.97 Å². The first-order valence-electron chi connectivity index (χ1n) is 11.8. The molecule has 168 valence electrons. The summed E-state index contributed by atoms with van der Waals surface area (Å²) in [5.74, 6) is -1.50. The maximum Gasteiger partial charge on any atom is 0.349 e. The minimum absolute atomic E-state index is 0.155. The zero-order valence-corrected chi connectivity index (χ0v) is 18.8. The fraction of sp³-hybridized carbons (Fsp3) is 0.519. The Hall–Kier alpha value is -2.23. The molecule has 1 aliphatic carbocycles. The molecule has 0 amide bonds. The molecular weight excluding hydrogens is 394 g/mol. The molecule has 4 heteroatoms.